The topological polar surface area (TPSA) is 84.5 Å². The van der Waals surface area contributed by atoms with E-state index in [0.717, 1.165) is 30.8 Å². The van der Waals surface area contributed by atoms with Gasteiger partial charge in [0.25, 0.3) is 0 Å². The van der Waals surface area contributed by atoms with Crippen LogP contribution in [0, 0.1) is 24.7 Å². The first kappa shape index (κ1) is 23.6. The fourth-order valence-corrected chi connectivity index (χ4v) is 4.88. The van der Waals surface area contributed by atoms with E-state index in [2.05, 4.69) is 31.4 Å². The Morgan fingerprint density at radius 2 is 1.50 bits per heavy atom. The second-order valence-corrected chi connectivity index (χ2v) is 10.0. The molecule has 3 rings (SSSR count). The average Bonchev–Trinajstić information content (AvgIpc) is 3.29. The van der Waals surface area contributed by atoms with Gasteiger partial charge in [0, 0.05) is 24.7 Å². The zero-order valence-corrected chi connectivity index (χ0v) is 19.7. The van der Waals surface area contributed by atoms with Crippen LogP contribution in [0.15, 0.2) is 45.3 Å². The summed E-state index contributed by atoms with van der Waals surface area (Å²) in [5.41, 5.74) is -0.0641. The van der Waals surface area contributed by atoms with Gasteiger partial charge in [-0.15, -0.1) is 0 Å². The summed E-state index contributed by atoms with van der Waals surface area (Å²) in [6.45, 7) is 10.9. The molecule has 0 aromatic carbocycles. The van der Waals surface area contributed by atoms with Gasteiger partial charge in [-0.3, -0.25) is 9.59 Å². The summed E-state index contributed by atoms with van der Waals surface area (Å²) in [6, 6.07) is 7.44. The first-order valence-corrected chi connectivity index (χ1v) is 11.1. The van der Waals surface area contributed by atoms with Crippen molar-refractivity contribution in [3.63, 3.8) is 0 Å². The van der Waals surface area contributed by atoms with Crippen LogP contribution in [-0.4, -0.2) is 24.4 Å². The van der Waals surface area contributed by atoms with Crippen LogP contribution in [0.25, 0.3) is 12.2 Å². The lowest BCUT2D eigenvalue weighted by Gasteiger charge is -2.46. The maximum Gasteiger partial charge on any atom is 0.244 e. The molecule has 1 aliphatic carbocycles. The van der Waals surface area contributed by atoms with Crippen molar-refractivity contribution in [3.05, 3.63) is 59.5 Å². The molecule has 2 N–H and O–H groups in total. The number of furan rings is 2. The van der Waals surface area contributed by atoms with E-state index in [0.29, 0.717) is 18.1 Å². The predicted octanol–water partition coefficient (Wildman–Crippen LogP) is 5.03. The number of hydrogen-bond donors (Lipinski definition) is 2. The number of hydrogen-bond acceptors (Lipinski definition) is 4. The minimum absolute atomic E-state index is 0.0396. The highest BCUT2D eigenvalue weighted by atomic mass is 16.3. The molecule has 2 aromatic rings. The van der Waals surface area contributed by atoms with E-state index in [1.165, 1.54) is 12.2 Å². The van der Waals surface area contributed by atoms with Gasteiger partial charge in [0.05, 0.1) is 0 Å². The Hall–Kier alpha value is -3.02. The lowest BCUT2D eigenvalue weighted by molar-refractivity contribution is -0.119. The van der Waals surface area contributed by atoms with E-state index in [-0.39, 0.29) is 28.7 Å². The van der Waals surface area contributed by atoms with Crippen LogP contribution in [0.4, 0.5) is 0 Å². The highest BCUT2D eigenvalue weighted by Crippen LogP contribution is 2.45. The minimum Gasteiger partial charge on any atom is -0.462 e. The SMILES string of the molecule is Cc1ccc(/C=C/C(=O)NC[C@]2(C)C[C@@H](NC(=O)/C=C/c3ccc(C)o3)CC(C)(C)C2)o1. The van der Waals surface area contributed by atoms with Gasteiger partial charge in [-0.05, 0) is 80.4 Å². The molecular formula is C26H34N2O4. The molecule has 0 aliphatic heterocycles. The summed E-state index contributed by atoms with van der Waals surface area (Å²) >= 11 is 0. The van der Waals surface area contributed by atoms with Crippen LogP contribution >= 0.6 is 0 Å². The molecule has 2 atom stereocenters. The van der Waals surface area contributed by atoms with Crippen LogP contribution in [0.1, 0.15) is 63.1 Å². The molecule has 0 spiro atoms. The van der Waals surface area contributed by atoms with Crippen molar-refractivity contribution in [1.29, 1.82) is 0 Å². The number of amides is 2. The Labute approximate surface area is 190 Å². The Bertz CT molecular complexity index is 1010. The Balaban J connectivity index is 1.56. The molecule has 2 heterocycles. The predicted molar refractivity (Wildman–Crippen MR) is 126 cm³/mol. The molecule has 1 saturated carbocycles. The average molecular weight is 439 g/mol. The molecule has 0 bridgehead atoms. The van der Waals surface area contributed by atoms with Crippen molar-refractivity contribution in [2.75, 3.05) is 6.54 Å². The number of carbonyl (C=O) groups is 2. The Kier molecular flexibility index (Phi) is 7.12. The van der Waals surface area contributed by atoms with Crippen LogP contribution in [0.3, 0.4) is 0 Å². The Morgan fingerprint density at radius 3 is 2.03 bits per heavy atom. The van der Waals surface area contributed by atoms with Crippen molar-refractivity contribution in [2.24, 2.45) is 10.8 Å². The molecule has 6 heteroatoms. The highest BCUT2D eigenvalue weighted by molar-refractivity contribution is 5.92. The van der Waals surface area contributed by atoms with E-state index < -0.39 is 0 Å². The molecule has 2 aromatic heterocycles. The molecule has 32 heavy (non-hydrogen) atoms. The van der Waals surface area contributed by atoms with Gasteiger partial charge in [-0.2, -0.15) is 0 Å². The largest absolute Gasteiger partial charge is 0.462 e. The van der Waals surface area contributed by atoms with Gasteiger partial charge >= 0.3 is 0 Å². The quantitative estimate of drug-likeness (QED) is 0.594. The number of aryl methyl sites for hydroxylation is 2. The fraction of sp³-hybridized carbons (Fsp3) is 0.462. The van der Waals surface area contributed by atoms with E-state index in [1.54, 1.807) is 12.2 Å². The second-order valence-electron chi connectivity index (χ2n) is 10.0. The van der Waals surface area contributed by atoms with E-state index in [4.69, 9.17) is 8.83 Å². The summed E-state index contributed by atoms with van der Waals surface area (Å²) in [5.74, 6) is 2.65. The minimum atomic E-state index is -0.152. The Morgan fingerprint density at radius 1 is 0.938 bits per heavy atom. The molecule has 172 valence electrons. The lowest BCUT2D eigenvalue weighted by atomic mass is 9.62. The van der Waals surface area contributed by atoms with Crippen molar-refractivity contribution in [3.8, 4) is 0 Å². The van der Waals surface area contributed by atoms with Crippen LogP contribution in [0.5, 0.6) is 0 Å². The molecule has 1 aliphatic rings. The van der Waals surface area contributed by atoms with Crippen molar-refractivity contribution in [2.45, 2.75) is 59.9 Å². The molecular weight excluding hydrogens is 404 g/mol. The van der Waals surface area contributed by atoms with E-state index in [1.807, 2.05) is 38.1 Å². The smallest absolute Gasteiger partial charge is 0.244 e. The van der Waals surface area contributed by atoms with Gasteiger partial charge in [0.2, 0.25) is 11.8 Å². The summed E-state index contributed by atoms with van der Waals surface area (Å²) in [4.78, 5) is 24.8. The van der Waals surface area contributed by atoms with E-state index >= 15 is 0 Å². The fourth-order valence-electron chi connectivity index (χ4n) is 4.88. The molecule has 0 radical (unpaired) electrons. The van der Waals surface area contributed by atoms with Crippen molar-refractivity contribution < 1.29 is 18.4 Å². The van der Waals surface area contributed by atoms with Crippen molar-refractivity contribution >= 4 is 24.0 Å². The monoisotopic (exact) mass is 438 g/mol. The van der Waals surface area contributed by atoms with Gasteiger partial charge in [0.1, 0.15) is 23.0 Å². The van der Waals surface area contributed by atoms with Gasteiger partial charge in [-0.1, -0.05) is 20.8 Å². The molecule has 2 amide bonds. The van der Waals surface area contributed by atoms with Crippen molar-refractivity contribution in [1.82, 2.24) is 10.6 Å². The zero-order chi connectivity index (χ0) is 23.4. The maximum absolute atomic E-state index is 12.5. The van der Waals surface area contributed by atoms with Gasteiger partial charge in [0.15, 0.2) is 0 Å². The third kappa shape index (κ3) is 7.01. The van der Waals surface area contributed by atoms with Crippen LogP contribution in [-0.2, 0) is 9.59 Å². The van der Waals surface area contributed by atoms with Crippen LogP contribution in [0.2, 0.25) is 0 Å². The third-order valence-corrected chi connectivity index (χ3v) is 5.80. The second kappa shape index (κ2) is 9.63. The standard InChI is InChI=1S/C26H34N2O4/c1-18-6-8-21(31-18)10-12-23(29)27-17-26(5)15-20(14-25(3,4)16-26)28-24(30)13-11-22-9-7-19(2)32-22/h6-13,20H,14-17H2,1-5H3,(H,27,29)(H,28,30)/b12-10+,13-11+/t20-,26+/m0/s1. The van der Waals surface area contributed by atoms with E-state index in [9.17, 15) is 9.59 Å². The normalized spacial score (nSPS) is 23.0. The summed E-state index contributed by atoms with van der Waals surface area (Å²) in [6.07, 6.45) is 9.03. The lowest BCUT2D eigenvalue weighted by Crippen LogP contribution is -2.50. The number of carbonyl (C=O) groups excluding carboxylic acids is 2. The first-order chi connectivity index (χ1) is 15.0. The number of rotatable bonds is 7. The highest BCUT2D eigenvalue weighted by Gasteiger charge is 2.41. The molecule has 1 fully saturated rings. The number of nitrogens with one attached hydrogen (secondary N) is 2. The summed E-state index contributed by atoms with van der Waals surface area (Å²) in [7, 11) is 0. The first-order valence-electron chi connectivity index (χ1n) is 11.1. The van der Waals surface area contributed by atoms with Crippen LogP contribution < -0.4 is 10.6 Å². The molecule has 0 unspecified atom stereocenters. The third-order valence-electron chi connectivity index (χ3n) is 5.80. The maximum atomic E-state index is 12.5. The summed E-state index contributed by atoms with van der Waals surface area (Å²) < 4.78 is 10.9. The van der Waals surface area contributed by atoms with Gasteiger partial charge in [-0.25, -0.2) is 0 Å². The summed E-state index contributed by atoms with van der Waals surface area (Å²) in [5, 5.41) is 6.16. The molecule has 0 saturated heterocycles. The van der Waals surface area contributed by atoms with Gasteiger partial charge < -0.3 is 19.5 Å². The molecule has 6 nitrogen and oxygen atoms in total. The zero-order valence-electron chi connectivity index (χ0n) is 19.7.